The maximum atomic E-state index is 13.2. The van der Waals surface area contributed by atoms with Crippen molar-refractivity contribution in [2.45, 2.75) is 10.1 Å². The average Bonchev–Trinajstić information content (AvgIpc) is 3.24. The van der Waals surface area contributed by atoms with Gasteiger partial charge in [0, 0.05) is 35.6 Å². The molecule has 0 aliphatic carbocycles. The number of anilines is 1. The lowest BCUT2D eigenvalue weighted by Gasteiger charge is -2.17. The van der Waals surface area contributed by atoms with Gasteiger partial charge in [0.05, 0.1) is 0 Å². The Balaban J connectivity index is 1.52. The number of thioether (sulfide) groups is 1. The Morgan fingerprint density at radius 1 is 0.903 bits per heavy atom. The van der Waals surface area contributed by atoms with Crippen LogP contribution in [0.1, 0.15) is 27.0 Å². The van der Waals surface area contributed by atoms with Crippen molar-refractivity contribution >= 4 is 29.1 Å². The highest BCUT2D eigenvalue weighted by atomic mass is 32.2. The number of aromatic nitrogens is 2. The molecule has 1 amide bonds. The molecule has 31 heavy (non-hydrogen) atoms. The molecule has 0 aliphatic heterocycles. The van der Waals surface area contributed by atoms with Crippen LogP contribution in [0.2, 0.25) is 0 Å². The molecule has 0 aliphatic rings. The van der Waals surface area contributed by atoms with Crippen molar-refractivity contribution in [2.75, 3.05) is 5.32 Å². The summed E-state index contributed by atoms with van der Waals surface area (Å²) in [5.41, 5.74) is 2.08. The minimum Gasteiger partial charge on any atom is -0.331 e. The van der Waals surface area contributed by atoms with Gasteiger partial charge in [0.1, 0.15) is 5.25 Å². The van der Waals surface area contributed by atoms with E-state index < -0.39 is 5.25 Å². The molecule has 0 saturated heterocycles. The summed E-state index contributed by atoms with van der Waals surface area (Å²) in [5, 5.41) is 2.58. The summed E-state index contributed by atoms with van der Waals surface area (Å²) in [6, 6.07) is 26.4. The van der Waals surface area contributed by atoms with Crippen molar-refractivity contribution < 1.29 is 9.59 Å². The smallest absolute Gasteiger partial charge is 0.242 e. The number of carbonyl (C=O) groups excluding carboxylic acids is 2. The Morgan fingerprint density at radius 3 is 2.16 bits per heavy atom. The van der Waals surface area contributed by atoms with Crippen LogP contribution in [0.4, 0.5) is 5.69 Å². The normalized spacial score (nSPS) is 11.6. The molecule has 0 bridgehead atoms. The molecule has 0 radical (unpaired) electrons. The third-order valence-corrected chi connectivity index (χ3v) is 6.04. The molecule has 5 nitrogen and oxygen atoms in total. The van der Waals surface area contributed by atoms with E-state index in [4.69, 9.17) is 0 Å². The molecular formula is C25H21N3O2S. The average molecular weight is 428 g/mol. The van der Waals surface area contributed by atoms with Crippen molar-refractivity contribution in [3.05, 3.63) is 114 Å². The molecule has 154 valence electrons. The first kappa shape index (κ1) is 20.6. The van der Waals surface area contributed by atoms with Gasteiger partial charge in [-0.1, -0.05) is 48.5 Å². The van der Waals surface area contributed by atoms with Crippen LogP contribution in [0.3, 0.4) is 0 Å². The number of nitrogens with one attached hydrogen (secondary N) is 1. The Bertz CT molecular complexity index is 1170. The van der Waals surface area contributed by atoms with Gasteiger partial charge in [0.15, 0.2) is 5.82 Å². The van der Waals surface area contributed by atoms with Crippen molar-refractivity contribution in [2.24, 2.45) is 7.05 Å². The van der Waals surface area contributed by atoms with Crippen LogP contribution in [-0.2, 0) is 11.8 Å². The number of benzene rings is 3. The lowest BCUT2D eigenvalue weighted by atomic mass is 10.1. The molecule has 0 fully saturated rings. The summed E-state index contributed by atoms with van der Waals surface area (Å²) in [6.45, 7) is 0. The van der Waals surface area contributed by atoms with Crippen LogP contribution < -0.4 is 5.32 Å². The lowest BCUT2D eigenvalue weighted by molar-refractivity contribution is -0.115. The van der Waals surface area contributed by atoms with E-state index in [1.54, 1.807) is 48.3 Å². The van der Waals surface area contributed by atoms with Gasteiger partial charge in [-0.05, 0) is 42.0 Å². The topological polar surface area (TPSA) is 64.0 Å². The highest BCUT2D eigenvalue weighted by Crippen LogP contribution is 2.36. The van der Waals surface area contributed by atoms with E-state index >= 15 is 0 Å². The third-order valence-electron chi connectivity index (χ3n) is 4.78. The second-order valence-electron chi connectivity index (χ2n) is 6.98. The second kappa shape index (κ2) is 9.45. The maximum absolute atomic E-state index is 13.2. The number of hydrogen-bond acceptors (Lipinski definition) is 4. The van der Waals surface area contributed by atoms with E-state index in [1.165, 1.54) is 11.8 Å². The van der Waals surface area contributed by atoms with Gasteiger partial charge >= 0.3 is 0 Å². The second-order valence-corrected chi connectivity index (χ2v) is 8.16. The Kier molecular flexibility index (Phi) is 6.29. The van der Waals surface area contributed by atoms with Crippen LogP contribution in [0.5, 0.6) is 0 Å². The molecule has 4 aromatic rings. The van der Waals surface area contributed by atoms with Crippen LogP contribution >= 0.6 is 11.8 Å². The van der Waals surface area contributed by atoms with Crippen molar-refractivity contribution in [1.29, 1.82) is 0 Å². The molecule has 6 heteroatoms. The SMILES string of the molecule is Cn1ccnc1C(=O)c1ccc(NC(=O)[C@H](Sc2ccccc2)c2ccccc2)cc1. The summed E-state index contributed by atoms with van der Waals surface area (Å²) < 4.78 is 1.68. The number of hydrogen-bond donors (Lipinski definition) is 1. The fourth-order valence-electron chi connectivity index (χ4n) is 3.16. The highest BCUT2D eigenvalue weighted by Gasteiger charge is 2.22. The summed E-state index contributed by atoms with van der Waals surface area (Å²) in [5.74, 6) is 0.0931. The molecule has 1 N–H and O–H groups in total. The van der Waals surface area contributed by atoms with Crippen molar-refractivity contribution in [3.63, 3.8) is 0 Å². The van der Waals surface area contributed by atoms with Crippen LogP contribution in [0, 0.1) is 0 Å². The minimum absolute atomic E-state index is 0.122. The van der Waals surface area contributed by atoms with Gasteiger partial charge in [0.2, 0.25) is 11.7 Å². The number of amides is 1. The molecule has 1 aromatic heterocycles. The maximum Gasteiger partial charge on any atom is 0.242 e. The predicted molar refractivity (Wildman–Crippen MR) is 123 cm³/mol. The Hall–Kier alpha value is -3.64. The third kappa shape index (κ3) is 4.92. The largest absolute Gasteiger partial charge is 0.331 e. The summed E-state index contributed by atoms with van der Waals surface area (Å²) in [7, 11) is 1.78. The lowest BCUT2D eigenvalue weighted by Crippen LogP contribution is -2.19. The number of aryl methyl sites for hydroxylation is 1. The molecule has 0 spiro atoms. The standard InChI is InChI=1S/C25H21N3O2S/c1-28-17-16-26-24(28)22(29)18-12-14-20(15-13-18)27-25(30)23(19-8-4-2-5-9-19)31-21-10-6-3-7-11-21/h2-17,23H,1H3,(H,27,30)/t23-/m1/s1. The monoisotopic (exact) mass is 427 g/mol. The van der Waals surface area contributed by atoms with Gasteiger partial charge < -0.3 is 9.88 Å². The van der Waals surface area contributed by atoms with Crippen LogP contribution in [0.15, 0.2) is 102 Å². The zero-order valence-corrected chi connectivity index (χ0v) is 17.8. The van der Waals surface area contributed by atoms with E-state index in [9.17, 15) is 9.59 Å². The number of rotatable bonds is 7. The van der Waals surface area contributed by atoms with Crippen molar-refractivity contribution in [3.8, 4) is 0 Å². The first-order valence-corrected chi connectivity index (χ1v) is 10.7. The predicted octanol–water partition coefficient (Wildman–Crippen LogP) is 5.12. The van der Waals surface area contributed by atoms with Gasteiger partial charge in [-0.15, -0.1) is 11.8 Å². The van der Waals surface area contributed by atoms with E-state index in [0.29, 0.717) is 17.1 Å². The van der Waals surface area contributed by atoms with Gasteiger partial charge in [0.25, 0.3) is 0 Å². The number of ketones is 1. The fraction of sp³-hybridized carbons (Fsp3) is 0.0800. The molecular weight excluding hydrogens is 406 g/mol. The quantitative estimate of drug-likeness (QED) is 0.328. The van der Waals surface area contributed by atoms with E-state index in [0.717, 1.165) is 10.5 Å². The summed E-state index contributed by atoms with van der Waals surface area (Å²) in [6.07, 6.45) is 3.33. The highest BCUT2D eigenvalue weighted by molar-refractivity contribution is 8.00. The van der Waals surface area contributed by atoms with Crippen LogP contribution in [-0.4, -0.2) is 21.2 Å². The summed E-state index contributed by atoms with van der Waals surface area (Å²) >= 11 is 1.50. The Morgan fingerprint density at radius 2 is 1.55 bits per heavy atom. The number of imidazole rings is 1. The van der Waals surface area contributed by atoms with Crippen molar-refractivity contribution in [1.82, 2.24) is 9.55 Å². The minimum atomic E-state index is -0.405. The van der Waals surface area contributed by atoms with E-state index in [2.05, 4.69) is 10.3 Å². The molecule has 0 unspecified atom stereocenters. The molecule has 1 atom stereocenters. The van der Waals surface area contributed by atoms with Crippen LogP contribution in [0.25, 0.3) is 0 Å². The first-order valence-electron chi connectivity index (χ1n) is 9.81. The summed E-state index contributed by atoms with van der Waals surface area (Å²) in [4.78, 5) is 30.9. The van der Waals surface area contributed by atoms with Gasteiger partial charge in [-0.3, -0.25) is 9.59 Å². The van der Waals surface area contributed by atoms with E-state index in [-0.39, 0.29) is 11.7 Å². The molecule has 4 rings (SSSR count). The van der Waals surface area contributed by atoms with Gasteiger partial charge in [-0.25, -0.2) is 4.98 Å². The number of carbonyl (C=O) groups is 2. The number of nitrogens with zero attached hydrogens (tertiary/aromatic N) is 2. The van der Waals surface area contributed by atoms with Gasteiger partial charge in [-0.2, -0.15) is 0 Å². The fourth-order valence-corrected chi connectivity index (χ4v) is 4.21. The Labute approximate surface area is 185 Å². The first-order chi connectivity index (χ1) is 15.1. The molecule has 3 aromatic carbocycles. The zero-order valence-electron chi connectivity index (χ0n) is 16.9. The zero-order chi connectivity index (χ0) is 21.6. The molecule has 1 heterocycles. The van der Waals surface area contributed by atoms with E-state index in [1.807, 2.05) is 60.7 Å². The molecule has 0 saturated carbocycles.